The number of ether oxygens (including phenoxy) is 1. The first-order chi connectivity index (χ1) is 8.07. The molecular formula is C13H18O3S. The van der Waals surface area contributed by atoms with E-state index in [2.05, 4.69) is 0 Å². The van der Waals surface area contributed by atoms with Gasteiger partial charge in [0.2, 0.25) is 0 Å². The quantitative estimate of drug-likeness (QED) is 0.826. The van der Waals surface area contributed by atoms with E-state index in [1.807, 2.05) is 31.2 Å². The lowest BCUT2D eigenvalue weighted by atomic mass is 10.1. The van der Waals surface area contributed by atoms with E-state index in [0.29, 0.717) is 6.61 Å². The maximum atomic E-state index is 12.0. The van der Waals surface area contributed by atoms with Gasteiger partial charge in [0.1, 0.15) is 0 Å². The van der Waals surface area contributed by atoms with Gasteiger partial charge >= 0.3 is 0 Å². The van der Waals surface area contributed by atoms with Crippen molar-refractivity contribution in [3.05, 3.63) is 35.4 Å². The maximum Gasteiger partial charge on any atom is 0.156 e. The summed E-state index contributed by atoms with van der Waals surface area (Å²) in [6, 6.07) is 7.62. The van der Waals surface area contributed by atoms with Gasteiger partial charge in [-0.3, -0.25) is 0 Å². The molecule has 3 nitrogen and oxygen atoms in total. The standard InChI is InChI=1S/C13H18O3S/c1-11-5-2-3-6-12(11)9-17(14,15)10-13-7-4-8-16-13/h2-3,5-6,13H,4,7-10H2,1H3. The first-order valence-corrected chi connectivity index (χ1v) is 7.75. The summed E-state index contributed by atoms with van der Waals surface area (Å²) < 4.78 is 29.4. The Labute approximate surface area is 103 Å². The third-order valence-electron chi connectivity index (χ3n) is 3.10. The average Bonchev–Trinajstić information content (AvgIpc) is 2.73. The van der Waals surface area contributed by atoms with E-state index in [4.69, 9.17) is 4.74 Å². The molecule has 0 N–H and O–H groups in total. The van der Waals surface area contributed by atoms with Crippen LogP contribution in [0.2, 0.25) is 0 Å². The minimum absolute atomic E-state index is 0.0935. The summed E-state index contributed by atoms with van der Waals surface area (Å²) in [4.78, 5) is 0. The van der Waals surface area contributed by atoms with Gasteiger partial charge in [0.05, 0.1) is 17.6 Å². The molecule has 0 radical (unpaired) electrons. The smallest absolute Gasteiger partial charge is 0.156 e. The summed E-state index contributed by atoms with van der Waals surface area (Å²) >= 11 is 0. The van der Waals surface area contributed by atoms with Crippen molar-refractivity contribution >= 4 is 9.84 Å². The highest BCUT2D eigenvalue weighted by Gasteiger charge is 2.23. The van der Waals surface area contributed by atoms with E-state index in [0.717, 1.165) is 24.0 Å². The molecule has 1 saturated heterocycles. The summed E-state index contributed by atoms with van der Waals surface area (Å²) in [6.07, 6.45) is 1.75. The molecule has 4 heteroatoms. The minimum atomic E-state index is -3.07. The molecule has 1 aliphatic heterocycles. The molecule has 0 saturated carbocycles. The van der Waals surface area contributed by atoms with Gasteiger partial charge in [-0.1, -0.05) is 24.3 Å². The number of benzene rings is 1. The SMILES string of the molecule is Cc1ccccc1CS(=O)(=O)CC1CCCO1. The first-order valence-electron chi connectivity index (χ1n) is 5.93. The van der Waals surface area contributed by atoms with Crippen LogP contribution >= 0.6 is 0 Å². The second kappa shape index (κ2) is 5.19. The number of hydrogen-bond donors (Lipinski definition) is 0. The fourth-order valence-electron chi connectivity index (χ4n) is 2.13. The van der Waals surface area contributed by atoms with Crippen molar-refractivity contribution in [1.82, 2.24) is 0 Å². The van der Waals surface area contributed by atoms with Crippen molar-refractivity contribution in [1.29, 1.82) is 0 Å². The highest BCUT2D eigenvalue weighted by atomic mass is 32.2. The Hall–Kier alpha value is -0.870. The number of aryl methyl sites for hydroxylation is 1. The predicted molar refractivity (Wildman–Crippen MR) is 67.6 cm³/mol. The van der Waals surface area contributed by atoms with E-state index in [1.165, 1.54) is 0 Å². The van der Waals surface area contributed by atoms with Gasteiger partial charge in [-0.25, -0.2) is 8.42 Å². The van der Waals surface area contributed by atoms with E-state index in [9.17, 15) is 8.42 Å². The molecule has 0 amide bonds. The van der Waals surface area contributed by atoms with Crippen molar-refractivity contribution in [3.63, 3.8) is 0 Å². The van der Waals surface area contributed by atoms with Gasteiger partial charge < -0.3 is 4.74 Å². The zero-order valence-electron chi connectivity index (χ0n) is 10.1. The molecule has 0 spiro atoms. The molecule has 17 heavy (non-hydrogen) atoms. The van der Waals surface area contributed by atoms with Crippen LogP contribution in [0.25, 0.3) is 0 Å². The minimum Gasteiger partial charge on any atom is -0.377 e. The molecule has 1 atom stereocenters. The van der Waals surface area contributed by atoms with Crippen LogP contribution in [0.5, 0.6) is 0 Å². The van der Waals surface area contributed by atoms with Crippen LogP contribution in [0.15, 0.2) is 24.3 Å². The lowest BCUT2D eigenvalue weighted by Gasteiger charge is -2.11. The van der Waals surface area contributed by atoms with Gasteiger partial charge in [0.25, 0.3) is 0 Å². The van der Waals surface area contributed by atoms with Crippen LogP contribution in [0.3, 0.4) is 0 Å². The lowest BCUT2D eigenvalue weighted by Crippen LogP contribution is -2.21. The molecule has 1 aliphatic rings. The van der Waals surface area contributed by atoms with Crippen molar-refractivity contribution < 1.29 is 13.2 Å². The van der Waals surface area contributed by atoms with E-state index < -0.39 is 9.84 Å². The van der Waals surface area contributed by atoms with Crippen LogP contribution < -0.4 is 0 Å². The van der Waals surface area contributed by atoms with Gasteiger partial charge in [0, 0.05) is 6.61 Å². The van der Waals surface area contributed by atoms with Gasteiger partial charge in [-0.15, -0.1) is 0 Å². The molecular weight excluding hydrogens is 236 g/mol. The first kappa shape index (κ1) is 12.6. The lowest BCUT2D eigenvalue weighted by molar-refractivity contribution is 0.127. The van der Waals surface area contributed by atoms with Crippen molar-refractivity contribution in [2.45, 2.75) is 31.6 Å². The molecule has 0 aliphatic carbocycles. The molecule has 1 fully saturated rings. The molecule has 1 heterocycles. The second-order valence-electron chi connectivity index (χ2n) is 4.62. The highest BCUT2D eigenvalue weighted by molar-refractivity contribution is 7.90. The van der Waals surface area contributed by atoms with Crippen LogP contribution in [-0.4, -0.2) is 26.9 Å². The zero-order chi connectivity index (χ0) is 12.3. The Morgan fingerprint density at radius 3 is 2.76 bits per heavy atom. The summed E-state index contributed by atoms with van der Waals surface area (Å²) in [7, 11) is -3.07. The Balaban J connectivity index is 2.04. The third kappa shape index (κ3) is 3.54. The Kier molecular flexibility index (Phi) is 3.84. The van der Waals surface area contributed by atoms with Gasteiger partial charge in [-0.05, 0) is 30.9 Å². The van der Waals surface area contributed by atoms with E-state index in [1.54, 1.807) is 0 Å². The van der Waals surface area contributed by atoms with Crippen molar-refractivity contribution in [2.75, 3.05) is 12.4 Å². The van der Waals surface area contributed by atoms with Crippen LogP contribution in [0.4, 0.5) is 0 Å². The molecule has 1 aromatic carbocycles. The van der Waals surface area contributed by atoms with E-state index in [-0.39, 0.29) is 17.6 Å². The molecule has 2 rings (SSSR count). The van der Waals surface area contributed by atoms with Gasteiger partial charge in [0.15, 0.2) is 9.84 Å². The summed E-state index contributed by atoms with van der Waals surface area (Å²) in [5, 5.41) is 0. The van der Waals surface area contributed by atoms with Crippen LogP contribution in [0, 0.1) is 6.92 Å². The molecule has 0 bridgehead atoms. The molecule has 1 aromatic rings. The molecule has 94 valence electrons. The summed E-state index contributed by atoms with van der Waals surface area (Å²) in [6.45, 7) is 2.64. The summed E-state index contributed by atoms with van der Waals surface area (Å²) in [5.74, 6) is 0.279. The van der Waals surface area contributed by atoms with Gasteiger partial charge in [-0.2, -0.15) is 0 Å². The summed E-state index contributed by atoms with van der Waals surface area (Å²) in [5.41, 5.74) is 1.92. The van der Waals surface area contributed by atoms with Crippen LogP contribution in [-0.2, 0) is 20.3 Å². The predicted octanol–water partition coefficient (Wildman–Crippen LogP) is 2.09. The Morgan fingerprint density at radius 1 is 1.35 bits per heavy atom. The normalized spacial score (nSPS) is 20.6. The van der Waals surface area contributed by atoms with E-state index >= 15 is 0 Å². The largest absolute Gasteiger partial charge is 0.377 e. The average molecular weight is 254 g/mol. The topological polar surface area (TPSA) is 43.4 Å². The van der Waals surface area contributed by atoms with Crippen LogP contribution in [0.1, 0.15) is 24.0 Å². The number of hydrogen-bond acceptors (Lipinski definition) is 3. The monoisotopic (exact) mass is 254 g/mol. The molecule has 1 unspecified atom stereocenters. The number of rotatable bonds is 4. The fourth-order valence-corrected chi connectivity index (χ4v) is 3.87. The zero-order valence-corrected chi connectivity index (χ0v) is 10.9. The van der Waals surface area contributed by atoms with Crippen molar-refractivity contribution in [2.24, 2.45) is 0 Å². The number of sulfone groups is 1. The third-order valence-corrected chi connectivity index (χ3v) is 4.73. The Morgan fingerprint density at radius 2 is 2.12 bits per heavy atom. The van der Waals surface area contributed by atoms with Crippen molar-refractivity contribution in [3.8, 4) is 0 Å². The maximum absolute atomic E-state index is 12.0. The Bertz CT molecular complexity index is 473. The highest BCUT2D eigenvalue weighted by Crippen LogP contribution is 2.17. The molecule has 0 aromatic heterocycles. The fraction of sp³-hybridized carbons (Fsp3) is 0.538. The second-order valence-corrected chi connectivity index (χ2v) is 6.73.